The molecule has 0 aliphatic carbocycles. The Kier molecular flexibility index (Phi) is 4.14. The minimum absolute atomic E-state index is 0.0741. The fourth-order valence-corrected chi connectivity index (χ4v) is 1.93. The van der Waals surface area contributed by atoms with E-state index < -0.39 is 6.04 Å². The zero-order chi connectivity index (χ0) is 14.7. The number of carbonyl (C=O) groups is 3. The van der Waals surface area contributed by atoms with Gasteiger partial charge in [-0.1, -0.05) is 17.7 Å². The van der Waals surface area contributed by atoms with E-state index in [4.69, 9.17) is 0 Å². The van der Waals surface area contributed by atoms with Crippen molar-refractivity contribution in [3.63, 3.8) is 0 Å². The highest BCUT2D eigenvalue weighted by molar-refractivity contribution is 6.05. The standard InChI is InChI=1S/C14H17N3O3/c1-9-3-5-11(6-4-9)16-12(18)8-17-13(19)7-15-10(2)14(17)20/h3-6,10,15H,7-8H2,1-2H3,(H,16,18). The second-order valence-electron chi connectivity index (χ2n) is 4.83. The second kappa shape index (κ2) is 5.83. The number of piperazine rings is 1. The maximum absolute atomic E-state index is 11.9. The van der Waals surface area contributed by atoms with Gasteiger partial charge in [0.1, 0.15) is 6.54 Å². The Hall–Kier alpha value is -2.21. The highest BCUT2D eigenvalue weighted by Gasteiger charge is 2.32. The SMILES string of the molecule is Cc1ccc(NC(=O)CN2C(=O)CNC(C)C2=O)cc1. The van der Waals surface area contributed by atoms with E-state index in [9.17, 15) is 14.4 Å². The van der Waals surface area contributed by atoms with Crippen LogP contribution in [0.5, 0.6) is 0 Å². The van der Waals surface area contributed by atoms with E-state index in [0.29, 0.717) is 5.69 Å². The molecular formula is C14H17N3O3. The number of imide groups is 1. The number of rotatable bonds is 3. The normalized spacial score (nSPS) is 19.1. The summed E-state index contributed by atoms with van der Waals surface area (Å²) < 4.78 is 0. The van der Waals surface area contributed by atoms with Crippen LogP contribution in [-0.2, 0) is 14.4 Å². The summed E-state index contributed by atoms with van der Waals surface area (Å²) in [4.78, 5) is 36.4. The minimum Gasteiger partial charge on any atom is -0.325 e. The average molecular weight is 275 g/mol. The van der Waals surface area contributed by atoms with Crippen molar-refractivity contribution < 1.29 is 14.4 Å². The number of benzene rings is 1. The first-order chi connectivity index (χ1) is 9.47. The van der Waals surface area contributed by atoms with Crippen LogP contribution in [0.25, 0.3) is 0 Å². The van der Waals surface area contributed by atoms with E-state index in [1.807, 2.05) is 19.1 Å². The third-order valence-corrected chi connectivity index (χ3v) is 3.13. The zero-order valence-electron chi connectivity index (χ0n) is 11.5. The van der Waals surface area contributed by atoms with Gasteiger partial charge in [0.25, 0.3) is 0 Å². The van der Waals surface area contributed by atoms with Crippen LogP contribution in [0.3, 0.4) is 0 Å². The Morgan fingerprint density at radius 1 is 1.35 bits per heavy atom. The van der Waals surface area contributed by atoms with Gasteiger partial charge in [-0.25, -0.2) is 0 Å². The Morgan fingerprint density at radius 2 is 2.00 bits per heavy atom. The first kappa shape index (κ1) is 14.2. The van der Waals surface area contributed by atoms with Crippen LogP contribution < -0.4 is 10.6 Å². The summed E-state index contributed by atoms with van der Waals surface area (Å²) in [5.41, 5.74) is 1.73. The first-order valence-electron chi connectivity index (χ1n) is 6.41. The first-order valence-corrected chi connectivity index (χ1v) is 6.41. The van der Waals surface area contributed by atoms with E-state index >= 15 is 0 Å². The number of hydrogen-bond donors (Lipinski definition) is 2. The number of carbonyl (C=O) groups excluding carboxylic acids is 3. The lowest BCUT2D eigenvalue weighted by Crippen LogP contribution is -2.58. The van der Waals surface area contributed by atoms with E-state index in [2.05, 4.69) is 10.6 Å². The van der Waals surface area contributed by atoms with Crippen LogP contribution in [0.4, 0.5) is 5.69 Å². The molecule has 0 spiro atoms. The van der Waals surface area contributed by atoms with Crippen molar-refractivity contribution in [2.24, 2.45) is 0 Å². The molecule has 6 nitrogen and oxygen atoms in total. The lowest BCUT2D eigenvalue weighted by atomic mass is 10.2. The monoisotopic (exact) mass is 275 g/mol. The molecule has 1 saturated heterocycles. The number of aryl methyl sites for hydroxylation is 1. The van der Waals surface area contributed by atoms with Crippen LogP contribution in [0.1, 0.15) is 12.5 Å². The van der Waals surface area contributed by atoms with E-state index in [1.165, 1.54) is 0 Å². The Labute approximate surface area is 117 Å². The van der Waals surface area contributed by atoms with Gasteiger partial charge in [0.2, 0.25) is 17.7 Å². The topological polar surface area (TPSA) is 78.5 Å². The van der Waals surface area contributed by atoms with Gasteiger partial charge in [0, 0.05) is 5.69 Å². The van der Waals surface area contributed by atoms with Crippen LogP contribution in [0.2, 0.25) is 0 Å². The summed E-state index contributed by atoms with van der Waals surface area (Å²) in [6.07, 6.45) is 0. The van der Waals surface area contributed by atoms with Crippen LogP contribution in [0, 0.1) is 6.92 Å². The lowest BCUT2D eigenvalue weighted by Gasteiger charge is -2.29. The molecular weight excluding hydrogens is 258 g/mol. The van der Waals surface area contributed by atoms with Crippen molar-refractivity contribution in [3.05, 3.63) is 29.8 Å². The van der Waals surface area contributed by atoms with Crippen LogP contribution in [-0.4, -0.2) is 41.8 Å². The van der Waals surface area contributed by atoms with Gasteiger partial charge in [0.15, 0.2) is 0 Å². The summed E-state index contributed by atoms with van der Waals surface area (Å²) in [5, 5.41) is 5.44. The fourth-order valence-electron chi connectivity index (χ4n) is 1.93. The summed E-state index contributed by atoms with van der Waals surface area (Å²) in [7, 11) is 0. The Bertz CT molecular complexity index is 539. The molecule has 0 bridgehead atoms. The number of hydrogen-bond acceptors (Lipinski definition) is 4. The van der Waals surface area contributed by atoms with E-state index in [1.54, 1.807) is 19.1 Å². The highest BCUT2D eigenvalue weighted by Crippen LogP contribution is 2.09. The largest absolute Gasteiger partial charge is 0.325 e. The molecule has 1 aliphatic rings. The average Bonchev–Trinajstić information content (AvgIpc) is 2.42. The molecule has 0 radical (unpaired) electrons. The minimum atomic E-state index is -0.445. The molecule has 0 aromatic heterocycles. The molecule has 2 N–H and O–H groups in total. The van der Waals surface area contributed by atoms with E-state index in [0.717, 1.165) is 10.5 Å². The van der Waals surface area contributed by atoms with E-state index in [-0.39, 0.29) is 30.8 Å². The molecule has 20 heavy (non-hydrogen) atoms. The summed E-state index contributed by atoms with van der Waals surface area (Å²) in [6.45, 7) is 3.44. The molecule has 1 fully saturated rings. The molecule has 6 heteroatoms. The summed E-state index contributed by atoms with van der Waals surface area (Å²) in [6, 6.07) is 6.85. The summed E-state index contributed by atoms with van der Waals surface area (Å²) in [5.74, 6) is -1.14. The van der Waals surface area contributed by atoms with Gasteiger partial charge in [-0.05, 0) is 26.0 Å². The highest BCUT2D eigenvalue weighted by atomic mass is 16.2. The third kappa shape index (κ3) is 3.21. The molecule has 1 heterocycles. The maximum atomic E-state index is 11.9. The van der Waals surface area contributed by atoms with Gasteiger partial charge < -0.3 is 5.32 Å². The van der Waals surface area contributed by atoms with Crippen molar-refractivity contribution in [1.29, 1.82) is 0 Å². The fraction of sp³-hybridized carbons (Fsp3) is 0.357. The smallest absolute Gasteiger partial charge is 0.246 e. The molecule has 1 aliphatic heterocycles. The number of nitrogens with one attached hydrogen (secondary N) is 2. The quantitative estimate of drug-likeness (QED) is 0.777. The van der Waals surface area contributed by atoms with Crippen molar-refractivity contribution >= 4 is 23.4 Å². The molecule has 106 valence electrons. The molecule has 1 unspecified atom stereocenters. The zero-order valence-corrected chi connectivity index (χ0v) is 11.5. The molecule has 1 aromatic carbocycles. The van der Waals surface area contributed by atoms with Gasteiger partial charge in [0.05, 0.1) is 12.6 Å². The molecule has 3 amide bonds. The third-order valence-electron chi connectivity index (χ3n) is 3.13. The van der Waals surface area contributed by atoms with Gasteiger partial charge >= 0.3 is 0 Å². The second-order valence-corrected chi connectivity index (χ2v) is 4.83. The number of amides is 3. The predicted octanol–water partition coefficient (Wildman–Crippen LogP) is 0.280. The Balaban J connectivity index is 1.98. The Morgan fingerprint density at radius 3 is 2.65 bits per heavy atom. The van der Waals surface area contributed by atoms with Crippen LogP contribution >= 0.6 is 0 Å². The van der Waals surface area contributed by atoms with Crippen molar-refractivity contribution in [1.82, 2.24) is 10.2 Å². The van der Waals surface area contributed by atoms with Gasteiger partial charge in [-0.3, -0.25) is 24.6 Å². The van der Waals surface area contributed by atoms with Crippen molar-refractivity contribution in [3.8, 4) is 0 Å². The molecule has 1 atom stereocenters. The van der Waals surface area contributed by atoms with Crippen LogP contribution in [0.15, 0.2) is 24.3 Å². The maximum Gasteiger partial charge on any atom is 0.246 e. The number of anilines is 1. The van der Waals surface area contributed by atoms with Crippen molar-refractivity contribution in [2.75, 3.05) is 18.4 Å². The van der Waals surface area contributed by atoms with Gasteiger partial charge in [-0.2, -0.15) is 0 Å². The molecule has 2 rings (SSSR count). The number of nitrogens with zero attached hydrogens (tertiary/aromatic N) is 1. The predicted molar refractivity (Wildman–Crippen MR) is 74.0 cm³/mol. The van der Waals surface area contributed by atoms with Gasteiger partial charge in [-0.15, -0.1) is 0 Å². The lowest BCUT2D eigenvalue weighted by molar-refractivity contribution is -0.150. The van der Waals surface area contributed by atoms with Crippen molar-refractivity contribution in [2.45, 2.75) is 19.9 Å². The summed E-state index contributed by atoms with van der Waals surface area (Å²) >= 11 is 0. The molecule has 0 saturated carbocycles. The molecule has 1 aromatic rings.